The largest absolute Gasteiger partial charge is 0.354 e. The number of rotatable bonds is 9. The summed E-state index contributed by atoms with van der Waals surface area (Å²) in [5, 5.41) is 3.12. The van der Waals surface area contributed by atoms with Crippen LogP contribution in [-0.4, -0.2) is 42.2 Å². The Bertz CT molecular complexity index is 694. The summed E-state index contributed by atoms with van der Waals surface area (Å²) in [4.78, 5) is 8.52. The Balaban J connectivity index is 1.62. The van der Waals surface area contributed by atoms with Crippen molar-refractivity contribution in [3.05, 3.63) is 47.2 Å². The summed E-state index contributed by atoms with van der Waals surface area (Å²) in [6.45, 7) is 0.774. The van der Waals surface area contributed by atoms with Crippen molar-refractivity contribution >= 4 is 43.5 Å². The van der Waals surface area contributed by atoms with Crippen LogP contribution < -0.4 is 5.32 Å². The molecule has 0 spiro atoms. The second-order valence-corrected chi connectivity index (χ2v) is 8.99. The van der Waals surface area contributed by atoms with Gasteiger partial charge in [-0.1, -0.05) is 15.9 Å². The Labute approximate surface area is 149 Å². The molecule has 5 nitrogen and oxygen atoms in total. The number of halogens is 1. The maximum atomic E-state index is 12.2. The Morgan fingerprint density at radius 3 is 2.48 bits per heavy atom. The van der Waals surface area contributed by atoms with E-state index in [1.165, 1.54) is 0 Å². The molecule has 124 valence electrons. The topological polar surface area (TPSA) is 72.0 Å². The summed E-state index contributed by atoms with van der Waals surface area (Å²) < 4.78 is 25.2. The smallest absolute Gasteiger partial charge is 0.222 e. The molecule has 2 rings (SSSR count). The van der Waals surface area contributed by atoms with Crippen LogP contribution in [0.25, 0.3) is 0 Å². The number of sulfone groups is 1. The van der Waals surface area contributed by atoms with Crippen molar-refractivity contribution in [3.63, 3.8) is 0 Å². The zero-order valence-electron chi connectivity index (χ0n) is 12.5. The molecule has 1 N–H and O–H groups in total. The molecule has 8 heteroatoms. The molecule has 0 atom stereocenters. The van der Waals surface area contributed by atoms with E-state index in [-0.39, 0.29) is 5.75 Å². The van der Waals surface area contributed by atoms with Crippen LogP contribution in [0, 0.1) is 0 Å². The predicted molar refractivity (Wildman–Crippen MR) is 98.7 cm³/mol. The molecule has 0 unspecified atom stereocenters. The van der Waals surface area contributed by atoms with Crippen molar-refractivity contribution in [1.82, 2.24) is 9.97 Å². The fraction of sp³-hybridized carbons (Fsp3) is 0.333. The molecule has 0 bridgehead atoms. The van der Waals surface area contributed by atoms with Crippen LogP contribution in [0.5, 0.6) is 0 Å². The maximum absolute atomic E-state index is 12.2. The summed E-state index contributed by atoms with van der Waals surface area (Å²) in [7, 11) is -3.19. The average Bonchev–Trinajstić information content (AvgIpc) is 2.55. The Kier molecular flexibility index (Phi) is 7.32. The third-order valence-electron chi connectivity index (χ3n) is 2.98. The highest BCUT2D eigenvalue weighted by Crippen LogP contribution is 2.17. The van der Waals surface area contributed by atoms with Crippen LogP contribution >= 0.6 is 27.7 Å². The molecule has 0 saturated heterocycles. The van der Waals surface area contributed by atoms with Crippen LogP contribution in [-0.2, 0) is 9.84 Å². The SMILES string of the molecule is O=S(=O)(CCSCCCNc1ncccn1)c1ccc(Br)cc1. The van der Waals surface area contributed by atoms with Crippen molar-refractivity contribution in [2.75, 3.05) is 29.1 Å². The van der Waals surface area contributed by atoms with Gasteiger partial charge >= 0.3 is 0 Å². The lowest BCUT2D eigenvalue weighted by Crippen LogP contribution is -2.10. The van der Waals surface area contributed by atoms with Gasteiger partial charge in [0.25, 0.3) is 0 Å². The van der Waals surface area contributed by atoms with Crippen molar-refractivity contribution in [2.24, 2.45) is 0 Å². The van der Waals surface area contributed by atoms with Crippen molar-refractivity contribution < 1.29 is 8.42 Å². The van der Waals surface area contributed by atoms with Gasteiger partial charge in [0.2, 0.25) is 5.95 Å². The minimum atomic E-state index is -3.19. The summed E-state index contributed by atoms with van der Waals surface area (Å²) in [6.07, 6.45) is 4.31. The fourth-order valence-corrected chi connectivity index (χ4v) is 4.75. The lowest BCUT2D eigenvalue weighted by Gasteiger charge is -2.06. The van der Waals surface area contributed by atoms with Gasteiger partial charge in [-0.2, -0.15) is 11.8 Å². The molecule has 0 aliphatic rings. The summed E-state index contributed by atoms with van der Waals surface area (Å²) >= 11 is 4.95. The van der Waals surface area contributed by atoms with Crippen LogP contribution in [0.15, 0.2) is 52.1 Å². The molecule has 0 fully saturated rings. The molecule has 0 radical (unpaired) electrons. The molecule has 2 aromatic rings. The van der Waals surface area contributed by atoms with Crippen molar-refractivity contribution in [1.29, 1.82) is 0 Å². The monoisotopic (exact) mass is 415 g/mol. The number of hydrogen-bond acceptors (Lipinski definition) is 6. The molecule has 0 amide bonds. The number of hydrogen-bond donors (Lipinski definition) is 1. The van der Waals surface area contributed by atoms with Gasteiger partial charge in [-0.25, -0.2) is 18.4 Å². The van der Waals surface area contributed by atoms with Crippen LogP contribution in [0.2, 0.25) is 0 Å². The van der Waals surface area contributed by atoms with Gasteiger partial charge in [0.1, 0.15) is 0 Å². The number of nitrogens with zero attached hydrogens (tertiary/aromatic N) is 2. The minimum absolute atomic E-state index is 0.161. The number of nitrogens with one attached hydrogen (secondary N) is 1. The van der Waals surface area contributed by atoms with E-state index < -0.39 is 9.84 Å². The number of benzene rings is 1. The van der Waals surface area contributed by atoms with Gasteiger partial charge in [-0.05, 0) is 42.5 Å². The molecule has 0 saturated carbocycles. The number of aromatic nitrogens is 2. The van der Waals surface area contributed by atoms with E-state index in [9.17, 15) is 8.42 Å². The highest BCUT2D eigenvalue weighted by Gasteiger charge is 2.13. The first-order valence-corrected chi connectivity index (χ1v) is 10.7. The summed E-state index contributed by atoms with van der Waals surface area (Å²) in [5.74, 6) is 2.28. The highest BCUT2D eigenvalue weighted by molar-refractivity contribution is 9.10. The predicted octanol–water partition coefficient (Wildman–Crippen LogP) is 3.25. The number of anilines is 1. The fourth-order valence-electron chi connectivity index (χ4n) is 1.80. The van der Waals surface area contributed by atoms with Crippen molar-refractivity contribution in [2.45, 2.75) is 11.3 Å². The molecular formula is C15H18BrN3O2S2. The van der Waals surface area contributed by atoms with E-state index in [4.69, 9.17) is 0 Å². The van der Waals surface area contributed by atoms with E-state index in [2.05, 4.69) is 31.2 Å². The third kappa shape index (κ3) is 6.48. The quantitative estimate of drug-likeness (QED) is 0.633. The zero-order valence-corrected chi connectivity index (χ0v) is 15.7. The Hall–Kier alpha value is -1.12. The van der Waals surface area contributed by atoms with Crippen molar-refractivity contribution in [3.8, 4) is 0 Å². The molecule has 1 heterocycles. The van der Waals surface area contributed by atoms with E-state index in [0.29, 0.717) is 16.6 Å². The Morgan fingerprint density at radius 1 is 1.09 bits per heavy atom. The first-order valence-electron chi connectivity index (χ1n) is 7.15. The van der Waals surface area contributed by atoms with Crippen LogP contribution in [0.3, 0.4) is 0 Å². The first kappa shape index (κ1) is 18.2. The highest BCUT2D eigenvalue weighted by atomic mass is 79.9. The van der Waals surface area contributed by atoms with Gasteiger partial charge in [0, 0.05) is 29.2 Å². The van der Waals surface area contributed by atoms with E-state index in [0.717, 1.165) is 23.2 Å². The van der Waals surface area contributed by atoms with Gasteiger partial charge in [-0.3, -0.25) is 0 Å². The lowest BCUT2D eigenvalue weighted by atomic mass is 10.4. The van der Waals surface area contributed by atoms with E-state index >= 15 is 0 Å². The second kappa shape index (κ2) is 9.24. The Morgan fingerprint density at radius 2 is 1.78 bits per heavy atom. The third-order valence-corrected chi connectivity index (χ3v) is 6.57. The molecule has 1 aromatic carbocycles. The van der Waals surface area contributed by atoms with Gasteiger partial charge in [0.15, 0.2) is 9.84 Å². The maximum Gasteiger partial charge on any atom is 0.222 e. The normalized spacial score (nSPS) is 11.3. The average molecular weight is 416 g/mol. The minimum Gasteiger partial charge on any atom is -0.354 e. The van der Waals surface area contributed by atoms with Crippen LogP contribution in [0.1, 0.15) is 6.42 Å². The molecule has 0 aliphatic carbocycles. The molecule has 1 aromatic heterocycles. The molecule has 0 aliphatic heterocycles. The van der Waals surface area contributed by atoms with Crippen LogP contribution in [0.4, 0.5) is 5.95 Å². The lowest BCUT2D eigenvalue weighted by molar-refractivity contribution is 0.597. The van der Waals surface area contributed by atoms with Gasteiger partial charge < -0.3 is 5.32 Å². The first-order chi connectivity index (χ1) is 11.1. The second-order valence-electron chi connectivity index (χ2n) is 4.74. The summed E-state index contributed by atoms with van der Waals surface area (Å²) in [5.41, 5.74) is 0. The number of thioether (sulfide) groups is 1. The van der Waals surface area contributed by atoms with E-state index in [1.54, 1.807) is 54.5 Å². The van der Waals surface area contributed by atoms with Gasteiger partial charge in [-0.15, -0.1) is 0 Å². The molecular weight excluding hydrogens is 398 g/mol. The van der Waals surface area contributed by atoms with E-state index in [1.807, 2.05) is 0 Å². The zero-order chi connectivity index (χ0) is 16.5. The summed E-state index contributed by atoms with van der Waals surface area (Å²) in [6, 6.07) is 8.53. The van der Waals surface area contributed by atoms with Gasteiger partial charge in [0.05, 0.1) is 10.6 Å². The standard InChI is InChI=1S/C15H18BrN3O2S2/c16-13-3-5-14(6-4-13)23(20,21)12-11-22-10-2-9-19-15-17-7-1-8-18-15/h1,3-8H,2,9-12H2,(H,17,18,19). The molecule has 23 heavy (non-hydrogen) atoms.